The second kappa shape index (κ2) is 4.74. The topological polar surface area (TPSA) is 74.8 Å². The van der Waals surface area contributed by atoms with E-state index in [0.29, 0.717) is 11.5 Å². The Hall–Kier alpha value is -1.34. The molecule has 0 atom stereocenters. The Morgan fingerprint density at radius 3 is 2.61 bits per heavy atom. The van der Waals surface area contributed by atoms with Crippen molar-refractivity contribution >= 4 is 31.6 Å². The van der Waals surface area contributed by atoms with Gasteiger partial charge in [0.1, 0.15) is 5.82 Å². The third-order valence-corrected chi connectivity index (χ3v) is 4.56. The second-order valence-electron chi connectivity index (χ2n) is 3.90. The molecule has 2 N–H and O–H groups in total. The van der Waals surface area contributed by atoms with E-state index >= 15 is 0 Å². The van der Waals surface area contributed by atoms with E-state index in [9.17, 15) is 8.42 Å². The molecule has 0 aliphatic heterocycles. The van der Waals surface area contributed by atoms with E-state index in [0.717, 1.165) is 10.0 Å². The lowest BCUT2D eigenvalue weighted by atomic mass is 10.2. The van der Waals surface area contributed by atoms with Crippen LogP contribution in [0.4, 0.5) is 5.69 Å². The molecule has 2 rings (SSSR count). The SMILES string of the molecule is Cc1ncc(S(=O)(=O)Nc2ccc(Br)c(C)c2)[nH]1. The zero-order chi connectivity index (χ0) is 13.3. The Balaban J connectivity index is 2.30. The molecule has 0 saturated heterocycles. The fraction of sp³-hybridized carbons (Fsp3) is 0.182. The minimum Gasteiger partial charge on any atom is -0.332 e. The van der Waals surface area contributed by atoms with Crippen molar-refractivity contribution in [2.45, 2.75) is 18.9 Å². The average Bonchev–Trinajstić information content (AvgIpc) is 2.71. The van der Waals surface area contributed by atoms with Crippen LogP contribution in [0.2, 0.25) is 0 Å². The molecular formula is C11H12BrN3O2S. The first kappa shape index (κ1) is 13.1. The molecule has 0 fully saturated rings. The lowest BCUT2D eigenvalue weighted by Crippen LogP contribution is -2.13. The van der Waals surface area contributed by atoms with Gasteiger partial charge in [0.25, 0.3) is 10.0 Å². The number of hydrogen-bond acceptors (Lipinski definition) is 3. The molecule has 18 heavy (non-hydrogen) atoms. The van der Waals surface area contributed by atoms with Gasteiger partial charge in [-0.1, -0.05) is 15.9 Å². The van der Waals surface area contributed by atoms with Crippen LogP contribution in [0, 0.1) is 13.8 Å². The van der Waals surface area contributed by atoms with Crippen LogP contribution in [0.15, 0.2) is 33.9 Å². The Bertz CT molecular complexity index is 679. The summed E-state index contributed by atoms with van der Waals surface area (Å²) in [5, 5.41) is 0.0561. The highest BCUT2D eigenvalue weighted by atomic mass is 79.9. The number of nitrogens with one attached hydrogen (secondary N) is 2. The smallest absolute Gasteiger partial charge is 0.278 e. The van der Waals surface area contributed by atoms with Crippen molar-refractivity contribution in [1.29, 1.82) is 0 Å². The number of H-pyrrole nitrogens is 1. The van der Waals surface area contributed by atoms with E-state index in [2.05, 4.69) is 30.6 Å². The predicted octanol–water partition coefficient (Wildman–Crippen LogP) is 2.59. The molecule has 0 bridgehead atoms. The zero-order valence-electron chi connectivity index (χ0n) is 9.86. The van der Waals surface area contributed by atoms with Gasteiger partial charge in [0.05, 0.1) is 6.20 Å². The van der Waals surface area contributed by atoms with Crippen LogP contribution in [-0.2, 0) is 10.0 Å². The number of hydrogen-bond donors (Lipinski definition) is 2. The van der Waals surface area contributed by atoms with Gasteiger partial charge < -0.3 is 4.98 Å². The van der Waals surface area contributed by atoms with Crippen LogP contribution >= 0.6 is 15.9 Å². The number of rotatable bonds is 3. The number of imidazole rings is 1. The molecule has 1 aromatic carbocycles. The van der Waals surface area contributed by atoms with Crippen molar-refractivity contribution in [2.24, 2.45) is 0 Å². The summed E-state index contributed by atoms with van der Waals surface area (Å²) in [7, 11) is -3.61. The van der Waals surface area contributed by atoms with Crippen molar-refractivity contribution in [1.82, 2.24) is 9.97 Å². The number of halogens is 1. The van der Waals surface area contributed by atoms with E-state index in [1.165, 1.54) is 6.20 Å². The van der Waals surface area contributed by atoms with Gasteiger partial charge in [-0.2, -0.15) is 8.42 Å². The van der Waals surface area contributed by atoms with E-state index in [-0.39, 0.29) is 5.03 Å². The number of anilines is 1. The fourth-order valence-electron chi connectivity index (χ4n) is 1.45. The van der Waals surface area contributed by atoms with Crippen LogP contribution < -0.4 is 4.72 Å². The zero-order valence-corrected chi connectivity index (χ0v) is 12.3. The molecule has 5 nitrogen and oxygen atoms in total. The van der Waals surface area contributed by atoms with Gasteiger partial charge in [0.15, 0.2) is 5.03 Å². The summed E-state index contributed by atoms with van der Waals surface area (Å²) >= 11 is 3.36. The number of aromatic amines is 1. The van der Waals surface area contributed by atoms with Crippen molar-refractivity contribution < 1.29 is 8.42 Å². The number of aromatic nitrogens is 2. The molecule has 0 spiro atoms. The summed E-state index contributed by atoms with van der Waals surface area (Å²) in [5.41, 5.74) is 1.47. The molecule has 0 radical (unpaired) electrons. The number of nitrogens with zero attached hydrogens (tertiary/aromatic N) is 1. The minimum absolute atomic E-state index is 0.0561. The molecule has 0 aliphatic rings. The third kappa shape index (κ3) is 2.73. The lowest BCUT2D eigenvalue weighted by molar-refractivity contribution is 0.598. The van der Waals surface area contributed by atoms with Gasteiger partial charge in [0.2, 0.25) is 0 Å². The van der Waals surface area contributed by atoms with Gasteiger partial charge >= 0.3 is 0 Å². The maximum Gasteiger partial charge on any atom is 0.278 e. The summed E-state index contributed by atoms with van der Waals surface area (Å²) in [6.45, 7) is 3.59. The van der Waals surface area contributed by atoms with E-state index in [1.807, 2.05) is 6.92 Å². The van der Waals surface area contributed by atoms with Crippen LogP contribution in [0.3, 0.4) is 0 Å². The monoisotopic (exact) mass is 329 g/mol. The summed E-state index contributed by atoms with van der Waals surface area (Å²) < 4.78 is 27.5. The summed E-state index contributed by atoms with van der Waals surface area (Å²) in [6.07, 6.45) is 1.30. The van der Waals surface area contributed by atoms with Gasteiger partial charge in [0, 0.05) is 10.2 Å². The quantitative estimate of drug-likeness (QED) is 0.908. The second-order valence-corrected chi connectivity index (χ2v) is 6.41. The predicted molar refractivity (Wildman–Crippen MR) is 73.0 cm³/mol. The Morgan fingerprint density at radius 1 is 1.33 bits per heavy atom. The molecule has 96 valence electrons. The molecule has 1 aromatic heterocycles. The third-order valence-electron chi connectivity index (χ3n) is 2.38. The van der Waals surface area contributed by atoms with E-state index in [4.69, 9.17) is 0 Å². The van der Waals surface area contributed by atoms with Gasteiger partial charge in [-0.15, -0.1) is 0 Å². The highest BCUT2D eigenvalue weighted by Gasteiger charge is 2.16. The Kier molecular flexibility index (Phi) is 3.45. The molecule has 0 saturated carbocycles. The van der Waals surface area contributed by atoms with E-state index < -0.39 is 10.0 Å². The number of sulfonamides is 1. The first-order chi connectivity index (χ1) is 8.38. The lowest BCUT2D eigenvalue weighted by Gasteiger charge is -2.07. The van der Waals surface area contributed by atoms with Crippen LogP contribution in [0.5, 0.6) is 0 Å². The number of aryl methyl sites for hydroxylation is 2. The molecular weight excluding hydrogens is 318 g/mol. The largest absolute Gasteiger partial charge is 0.332 e. The van der Waals surface area contributed by atoms with Crippen molar-refractivity contribution in [3.8, 4) is 0 Å². The maximum absolute atomic E-state index is 12.0. The van der Waals surface area contributed by atoms with Gasteiger partial charge in [-0.3, -0.25) is 4.72 Å². The summed E-state index contributed by atoms with van der Waals surface area (Å²) in [5.74, 6) is 0.558. The molecule has 1 heterocycles. The maximum atomic E-state index is 12.0. The van der Waals surface area contributed by atoms with Crippen LogP contribution in [-0.4, -0.2) is 18.4 Å². The van der Waals surface area contributed by atoms with Gasteiger partial charge in [-0.25, -0.2) is 4.98 Å². The molecule has 0 amide bonds. The first-order valence-electron chi connectivity index (χ1n) is 5.19. The molecule has 0 aliphatic carbocycles. The Labute approximate surface area is 114 Å². The van der Waals surface area contributed by atoms with Crippen LogP contribution in [0.1, 0.15) is 11.4 Å². The van der Waals surface area contributed by atoms with E-state index in [1.54, 1.807) is 25.1 Å². The first-order valence-corrected chi connectivity index (χ1v) is 7.47. The summed E-state index contributed by atoms with van der Waals surface area (Å²) in [6, 6.07) is 5.24. The van der Waals surface area contributed by atoms with Crippen molar-refractivity contribution in [3.05, 3.63) is 40.3 Å². The van der Waals surface area contributed by atoms with Crippen molar-refractivity contribution in [2.75, 3.05) is 4.72 Å². The molecule has 2 aromatic rings. The molecule has 7 heteroatoms. The van der Waals surface area contributed by atoms with Crippen LogP contribution in [0.25, 0.3) is 0 Å². The molecule has 0 unspecified atom stereocenters. The summed E-state index contributed by atoms with van der Waals surface area (Å²) in [4.78, 5) is 6.57. The number of benzene rings is 1. The standard InChI is InChI=1S/C11H12BrN3O2S/c1-7-5-9(3-4-10(7)12)15-18(16,17)11-6-13-8(2)14-11/h3-6,15H,1-2H3,(H,13,14). The normalized spacial score (nSPS) is 11.5. The van der Waals surface area contributed by atoms with Gasteiger partial charge in [-0.05, 0) is 37.6 Å². The Morgan fingerprint density at radius 2 is 2.06 bits per heavy atom. The highest BCUT2D eigenvalue weighted by molar-refractivity contribution is 9.10. The minimum atomic E-state index is -3.61. The fourth-order valence-corrected chi connectivity index (χ4v) is 2.72. The highest BCUT2D eigenvalue weighted by Crippen LogP contribution is 2.21. The van der Waals surface area contributed by atoms with Crippen molar-refractivity contribution in [3.63, 3.8) is 0 Å². The average molecular weight is 330 g/mol.